The normalized spacial score (nSPS) is 20.5. The fourth-order valence-electron chi connectivity index (χ4n) is 4.82. The Bertz CT molecular complexity index is 898. The molecule has 0 aliphatic carbocycles. The number of anilines is 2. The van der Waals surface area contributed by atoms with Crippen LogP contribution < -0.4 is 14.5 Å². The first-order chi connectivity index (χ1) is 14.5. The summed E-state index contributed by atoms with van der Waals surface area (Å²) in [6, 6.07) is 16.2. The second-order valence-electron chi connectivity index (χ2n) is 8.56. The Balaban J connectivity index is 1.50. The van der Waals surface area contributed by atoms with Crippen LogP contribution in [0.1, 0.15) is 56.2 Å². The van der Waals surface area contributed by atoms with Crippen molar-refractivity contribution in [2.75, 3.05) is 30.0 Å². The van der Waals surface area contributed by atoms with Gasteiger partial charge in [0.05, 0.1) is 12.6 Å². The molecule has 0 amide bonds. The van der Waals surface area contributed by atoms with Crippen LogP contribution in [-0.2, 0) is 11.2 Å². The number of carboxylic acids is 1. The van der Waals surface area contributed by atoms with E-state index in [0.29, 0.717) is 25.1 Å². The number of aliphatic carboxylic acids is 1. The number of benzene rings is 2. The topological polar surface area (TPSA) is 53.0 Å². The molecule has 160 valence electrons. The van der Waals surface area contributed by atoms with Crippen molar-refractivity contribution in [1.82, 2.24) is 0 Å². The van der Waals surface area contributed by atoms with Crippen LogP contribution in [-0.4, -0.2) is 37.3 Å². The zero-order valence-electron chi connectivity index (χ0n) is 18.0. The third-order valence-corrected chi connectivity index (χ3v) is 6.54. The number of hydrogen-bond donors (Lipinski definition) is 1. The van der Waals surface area contributed by atoms with Crippen molar-refractivity contribution in [3.05, 3.63) is 53.6 Å². The van der Waals surface area contributed by atoms with Gasteiger partial charge >= 0.3 is 5.97 Å². The Morgan fingerprint density at radius 1 is 1.17 bits per heavy atom. The molecule has 0 spiro atoms. The molecule has 0 radical (unpaired) electrons. The number of carboxylic acid groups (broad SMARTS) is 1. The predicted molar refractivity (Wildman–Crippen MR) is 121 cm³/mol. The van der Waals surface area contributed by atoms with Gasteiger partial charge in [-0.25, -0.2) is 0 Å². The molecule has 4 rings (SSSR count). The molecule has 2 aliphatic rings. The van der Waals surface area contributed by atoms with E-state index < -0.39 is 5.97 Å². The highest BCUT2D eigenvalue weighted by Crippen LogP contribution is 2.44. The van der Waals surface area contributed by atoms with Gasteiger partial charge in [0.1, 0.15) is 5.75 Å². The molecule has 30 heavy (non-hydrogen) atoms. The van der Waals surface area contributed by atoms with Crippen LogP contribution in [0.2, 0.25) is 0 Å². The molecule has 0 fully saturated rings. The zero-order chi connectivity index (χ0) is 21.1. The summed E-state index contributed by atoms with van der Waals surface area (Å²) in [6.45, 7) is 3.96. The van der Waals surface area contributed by atoms with Gasteiger partial charge in [0, 0.05) is 37.4 Å². The lowest BCUT2D eigenvalue weighted by Gasteiger charge is -2.45. The predicted octanol–water partition coefficient (Wildman–Crippen LogP) is 5.04. The number of nitrogens with zero attached hydrogens (tertiary/aromatic N) is 2. The second-order valence-corrected chi connectivity index (χ2v) is 8.56. The minimum Gasteiger partial charge on any atom is -0.494 e. The molecule has 0 saturated heterocycles. The summed E-state index contributed by atoms with van der Waals surface area (Å²) in [5, 5.41) is 8.74. The number of ether oxygens (including phenoxy) is 1. The number of carbonyl (C=O) groups is 1. The van der Waals surface area contributed by atoms with Gasteiger partial charge in [0.15, 0.2) is 0 Å². The molecule has 5 heteroatoms. The number of para-hydroxylation sites is 1. The lowest BCUT2D eigenvalue weighted by atomic mass is 9.88. The van der Waals surface area contributed by atoms with Gasteiger partial charge < -0.3 is 19.6 Å². The van der Waals surface area contributed by atoms with Crippen LogP contribution in [0, 0.1) is 0 Å². The molecule has 1 N–H and O–H groups in total. The van der Waals surface area contributed by atoms with E-state index in [-0.39, 0.29) is 6.42 Å². The Morgan fingerprint density at radius 3 is 2.83 bits per heavy atom. The van der Waals surface area contributed by atoms with Gasteiger partial charge in [0.2, 0.25) is 0 Å². The highest BCUT2D eigenvalue weighted by Gasteiger charge is 2.33. The van der Waals surface area contributed by atoms with Crippen LogP contribution in [0.25, 0.3) is 0 Å². The fourth-order valence-corrected chi connectivity index (χ4v) is 4.82. The number of aryl methyl sites for hydroxylation is 1. The minimum absolute atomic E-state index is 0.207. The Kier molecular flexibility index (Phi) is 6.16. The van der Waals surface area contributed by atoms with Gasteiger partial charge in [0.25, 0.3) is 0 Å². The average molecular weight is 409 g/mol. The first-order valence-corrected chi connectivity index (χ1v) is 11.1. The maximum Gasteiger partial charge on any atom is 0.303 e. The molecule has 0 aromatic heterocycles. The molecule has 2 atom stereocenters. The molecular weight excluding hydrogens is 376 g/mol. The molecule has 2 unspecified atom stereocenters. The number of hydrogen-bond acceptors (Lipinski definition) is 4. The first-order valence-electron chi connectivity index (χ1n) is 11.1. The van der Waals surface area contributed by atoms with E-state index in [9.17, 15) is 4.79 Å². The molecule has 2 aliphatic heterocycles. The maximum absolute atomic E-state index is 10.6. The van der Waals surface area contributed by atoms with Crippen molar-refractivity contribution in [2.45, 2.75) is 57.5 Å². The lowest BCUT2D eigenvalue weighted by molar-refractivity contribution is -0.137. The summed E-state index contributed by atoms with van der Waals surface area (Å²) in [5.74, 6) is 0.150. The third kappa shape index (κ3) is 4.25. The van der Waals surface area contributed by atoms with Gasteiger partial charge in [-0.2, -0.15) is 0 Å². The highest BCUT2D eigenvalue weighted by molar-refractivity contribution is 5.66. The second kappa shape index (κ2) is 8.99. The van der Waals surface area contributed by atoms with Gasteiger partial charge in [-0.05, 0) is 74.4 Å². The maximum atomic E-state index is 10.6. The third-order valence-electron chi connectivity index (χ3n) is 6.54. The summed E-state index contributed by atoms with van der Waals surface area (Å²) in [6.07, 6.45) is 4.97. The van der Waals surface area contributed by atoms with E-state index >= 15 is 0 Å². The largest absolute Gasteiger partial charge is 0.494 e. The molecular formula is C25H32N2O3. The lowest BCUT2D eigenvalue weighted by Crippen LogP contribution is -2.43. The summed E-state index contributed by atoms with van der Waals surface area (Å²) >= 11 is 0. The van der Waals surface area contributed by atoms with Crippen molar-refractivity contribution < 1.29 is 14.6 Å². The monoisotopic (exact) mass is 408 g/mol. The van der Waals surface area contributed by atoms with Gasteiger partial charge in [-0.15, -0.1) is 0 Å². The van der Waals surface area contributed by atoms with Crippen LogP contribution in [0.15, 0.2) is 42.5 Å². The van der Waals surface area contributed by atoms with E-state index in [1.54, 1.807) is 0 Å². The smallest absolute Gasteiger partial charge is 0.303 e. The quantitative estimate of drug-likeness (QED) is 0.650. The van der Waals surface area contributed by atoms with E-state index in [0.717, 1.165) is 38.0 Å². The summed E-state index contributed by atoms with van der Waals surface area (Å²) < 4.78 is 5.90. The SMILES string of the molecule is CC1CC(N2CCCc3cc(OCCCCC(=O)O)ccc32)c2ccccc2N1C. The molecule has 0 saturated carbocycles. The number of fused-ring (bicyclic) bond motifs is 2. The standard InChI is InChI=1S/C25H32N2O3/c1-18-16-24(21-9-3-4-10-23(21)26(18)2)27-14-7-8-19-17-20(12-13-22(19)27)30-15-6-5-11-25(28)29/h3-4,9-10,12-13,17-18,24H,5-8,11,14-16H2,1-2H3,(H,28,29). The highest BCUT2D eigenvalue weighted by atomic mass is 16.5. The van der Waals surface area contributed by atoms with Gasteiger partial charge in [-0.1, -0.05) is 18.2 Å². The summed E-state index contributed by atoms with van der Waals surface area (Å²) in [7, 11) is 2.20. The van der Waals surface area contributed by atoms with Crippen LogP contribution in [0.5, 0.6) is 5.75 Å². The Labute approximate surface area is 179 Å². The van der Waals surface area contributed by atoms with Gasteiger partial charge in [-0.3, -0.25) is 4.79 Å². The van der Waals surface area contributed by atoms with Crippen LogP contribution in [0.3, 0.4) is 0 Å². The van der Waals surface area contributed by atoms with E-state index in [4.69, 9.17) is 9.84 Å². The number of unbranched alkanes of at least 4 members (excludes halogenated alkanes) is 1. The van der Waals surface area contributed by atoms with Crippen molar-refractivity contribution in [3.63, 3.8) is 0 Å². The van der Waals surface area contributed by atoms with Crippen molar-refractivity contribution in [3.8, 4) is 5.75 Å². The van der Waals surface area contributed by atoms with Crippen molar-refractivity contribution in [2.24, 2.45) is 0 Å². The van der Waals surface area contributed by atoms with Crippen LogP contribution >= 0.6 is 0 Å². The van der Waals surface area contributed by atoms with E-state index in [2.05, 4.69) is 66.2 Å². The minimum atomic E-state index is -0.742. The Hall–Kier alpha value is -2.69. The zero-order valence-corrected chi connectivity index (χ0v) is 18.0. The number of rotatable bonds is 7. The van der Waals surface area contributed by atoms with Crippen LogP contribution in [0.4, 0.5) is 11.4 Å². The molecule has 2 aromatic carbocycles. The molecule has 0 bridgehead atoms. The fraction of sp³-hybridized carbons (Fsp3) is 0.480. The average Bonchev–Trinajstić information content (AvgIpc) is 2.75. The first kappa shape index (κ1) is 20.6. The summed E-state index contributed by atoms with van der Waals surface area (Å²) in [4.78, 5) is 15.6. The van der Waals surface area contributed by atoms with Crippen molar-refractivity contribution in [1.29, 1.82) is 0 Å². The van der Waals surface area contributed by atoms with E-state index in [1.165, 1.54) is 22.5 Å². The molecule has 2 heterocycles. The molecule has 2 aromatic rings. The van der Waals surface area contributed by atoms with E-state index in [1.807, 2.05) is 0 Å². The summed E-state index contributed by atoms with van der Waals surface area (Å²) in [5.41, 5.74) is 5.45. The Morgan fingerprint density at radius 2 is 2.00 bits per heavy atom. The van der Waals surface area contributed by atoms with Crippen molar-refractivity contribution >= 4 is 17.3 Å². The molecule has 5 nitrogen and oxygen atoms in total.